The van der Waals surface area contributed by atoms with Crippen molar-refractivity contribution < 1.29 is 18.7 Å². The number of carbonyl (C=O) groups is 1. The van der Waals surface area contributed by atoms with E-state index in [1.54, 1.807) is 35.7 Å². The van der Waals surface area contributed by atoms with Crippen molar-refractivity contribution in [1.29, 1.82) is 0 Å². The number of rotatable bonds is 3. The second-order valence-corrected chi connectivity index (χ2v) is 6.57. The lowest BCUT2D eigenvalue weighted by molar-refractivity contribution is 0.102. The zero-order chi connectivity index (χ0) is 17.9. The van der Waals surface area contributed by atoms with Crippen LogP contribution in [0.25, 0.3) is 10.6 Å². The molecule has 1 N–H and O–H groups in total. The summed E-state index contributed by atoms with van der Waals surface area (Å²) >= 11 is 1.33. The van der Waals surface area contributed by atoms with Crippen molar-refractivity contribution >= 4 is 22.9 Å². The summed E-state index contributed by atoms with van der Waals surface area (Å²) in [7, 11) is 0. The largest absolute Gasteiger partial charge is 0.490 e. The van der Waals surface area contributed by atoms with Crippen LogP contribution in [-0.4, -0.2) is 24.1 Å². The van der Waals surface area contributed by atoms with E-state index in [0.717, 1.165) is 12.0 Å². The van der Waals surface area contributed by atoms with Gasteiger partial charge < -0.3 is 14.8 Å². The molecule has 1 aromatic heterocycles. The summed E-state index contributed by atoms with van der Waals surface area (Å²) in [5.74, 6) is 0.667. The van der Waals surface area contributed by atoms with Crippen molar-refractivity contribution in [2.24, 2.45) is 0 Å². The van der Waals surface area contributed by atoms with Gasteiger partial charge in [0, 0.05) is 29.1 Å². The van der Waals surface area contributed by atoms with Gasteiger partial charge in [-0.3, -0.25) is 4.79 Å². The van der Waals surface area contributed by atoms with Crippen molar-refractivity contribution in [3.8, 4) is 22.1 Å². The van der Waals surface area contributed by atoms with Gasteiger partial charge in [0.05, 0.1) is 13.2 Å². The maximum Gasteiger partial charge on any atom is 0.275 e. The summed E-state index contributed by atoms with van der Waals surface area (Å²) < 4.78 is 24.2. The average molecular weight is 370 g/mol. The van der Waals surface area contributed by atoms with Crippen LogP contribution in [0, 0.1) is 5.82 Å². The van der Waals surface area contributed by atoms with Gasteiger partial charge in [-0.25, -0.2) is 9.37 Å². The smallest absolute Gasteiger partial charge is 0.275 e. The molecule has 0 fully saturated rings. The maximum absolute atomic E-state index is 13.0. The maximum atomic E-state index is 13.0. The predicted molar refractivity (Wildman–Crippen MR) is 97.5 cm³/mol. The highest BCUT2D eigenvalue weighted by atomic mass is 32.1. The normalized spacial score (nSPS) is 13.1. The summed E-state index contributed by atoms with van der Waals surface area (Å²) in [5, 5.41) is 5.15. The van der Waals surface area contributed by atoms with E-state index in [-0.39, 0.29) is 11.7 Å². The molecular weight excluding hydrogens is 355 g/mol. The molecule has 0 bridgehead atoms. The Morgan fingerprint density at radius 3 is 2.65 bits per heavy atom. The van der Waals surface area contributed by atoms with Gasteiger partial charge in [0.1, 0.15) is 16.5 Å². The Morgan fingerprint density at radius 1 is 1.08 bits per heavy atom. The molecule has 0 saturated carbocycles. The highest BCUT2D eigenvalue weighted by Gasteiger charge is 2.15. The molecule has 0 aliphatic carbocycles. The first kappa shape index (κ1) is 16.5. The molecule has 0 spiro atoms. The Kier molecular flexibility index (Phi) is 4.53. The van der Waals surface area contributed by atoms with Gasteiger partial charge in [-0.2, -0.15) is 0 Å². The van der Waals surface area contributed by atoms with Crippen LogP contribution in [0.5, 0.6) is 11.5 Å². The minimum absolute atomic E-state index is 0.307. The van der Waals surface area contributed by atoms with Crippen LogP contribution in [0.1, 0.15) is 16.9 Å². The van der Waals surface area contributed by atoms with E-state index in [1.165, 1.54) is 23.5 Å². The molecule has 0 radical (unpaired) electrons. The molecule has 2 aromatic carbocycles. The summed E-state index contributed by atoms with van der Waals surface area (Å²) in [6.45, 7) is 1.20. The first-order valence-electron chi connectivity index (χ1n) is 8.11. The van der Waals surface area contributed by atoms with Crippen LogP contribution in [-0.2, 0) is 0 Å². The zero-order valence-electron chi connectivity index (χ0n) is 13.7. The van der Waals surface area contributed by atoms with Gasteiger partial charge in [-0.1, -0.05) is 0 Å². The topological polar surface area (TPSA) is 60.5 Å². The Labute approximate surface area is 153 Å². The average Bonchev–Trinajstić information content (AvgIpc) is 3.02. The molecule has 26 heavy (non-hydrogen) atoms. The molecule has 0 saturated heterocycles. The monoisotopic (exact) mass is 370 g/mol. The Morgan fingerprint density at radius 2 is 1.85 bits per heavy atom. The Balaban J connectivity index is 1.50. The van der Waals surface area contributed by atoms with E-state index in [0.29, 0.717) is 41.1 Å². The third-order valence-corrected chi connectivity index (χ3v) is 4.72. The van der Waals surface area contributed by atoms with E-state index >= 15 is 0 Å². The lowest BCUT2D eigenvalue weighted by Crippen LogP contribution is -2.12. The van der Waals surface area contributed by atoms with Crippen molar-refractivity contribution in [3.05, 3.63) is 59.4 Å². The van der Waals surface area contributed by atoms with Gasteiger partial charge in [-0.15, -0.1) is 11.3 Å². The third kappa shape index (κ3) is 3.52. The van der Waals surface area contributed by atoms with Gasteiger partial charge in [0.15, 0.2) is 11.5 Å². The number of fused-ring (bicyclic) bond motifs is 1. The number of thiazole rings is 1. The molecule has 4 rings (SSSR count). The molecule has 5 nitrogen and oxygen atoms in total. The van der Waals surface area contributed by atoms with Crippen LogP contribution in [0.3, 0.4) is 0 Å². The lowest BCUT2D eigenvalue weighted by Gasteiger charge is -2.09. The lowest BCUT2D eigenvalue weighted by atomic mass is 10.2. The van der Waals surface area contributed by atoms with Crippen LogP contribution in [0.4, 0.5) is 10.1 Å². The fraction of sp³-hybridized carbons (Fsp3) is 0.158. The number of hydrogen-bond acceptors (Lipinski definition) is 5. The molecule has 1 amide bonds. The predicted octanol–water partition coefficient (Wildman–Crippen LogP) is 4.36. The summed E-state index contributed by atoms with van der Waals surface area (Å²) in [6.07, 6.45) is 0.821. The van der Waals surface area contributed by atoms with Gasteiger partial charge in [0.25, 0.3) is 5.91 Å². The molecule has 132 valence electrons. The van der Waals surface area contributed by atoms with Crippen LogP contribution in [0.2, 0.25) is 0 Å². The molecule has 3 aromatic rings. The first-order valence-corrected chi connectivity index (χ1v) is 8.99. The van der Waals surface area contributed by atoms with E-state index in [9.17, 15) is 9.18 Å². The SMILES string of the molecule is O=C(Nc1ccc2c(c1)OCCCO2)c1csc(-c2ccc(F)cc2)n1. The number of nitrogens with zero attached hydrogens (tertiary/aromatic N) is 1. The number of aromatic nitrogens is 1. The quantitative estimate of drug-likeness (QED) is 0.744. The fourth-order valence-corrected chi connectivity index (χ4v) is 3.35. The molecule has 1 aliphatic heterocycles. The highest BCUT2D eigenvalue weighted by molar-refractivity contribution is 7.13. The molecule has 7 heteroatoms. The number of ether oxygens (including phenoxy) is 2. The van der Waals surface area contributed by atoms with Crippen molar-refractivity contribution in [2.75, 3.05) is 18.5 Å². The minimum Gasteiger partial charge on any atom is -0.490 e. The van der Waals surface area contributed by atoms with Crippen molar-refractivity contribution in [2.45, 2.75) is 6.42 Å². The summed E-state index contributed by atoms with van der Waals surface area (Å²) in [4.78, 5) is 16.8. The fourth-order valence-electron chi connectivity index (χ4n) is 2.54. The van der Waals surface area contributed by atoms with Gasteiger partial charge in [0.2, 0.25) is 0 Å². The molecule has 0 unspecified atom stereocenters. The number of anilines is 1. The molecule has 0 atom stereocenters. The Bertz CT molecular complexity index is 940. The zero-order valence-corrected chi connectivity index (χ0v) is 14.5. The standard InChI is InChI=1S/C19H15FN2O3S/c20-13-4-2-12(3-5-13)19-22-15(11-26-19)18(23)21-14-6-7-16-17(10-14)25-9-1-8-24-16/h2-7,10-11H,1,8-9H2,(H,21,23). The number of halogens is 1. The van der Waals surface area contributed by atoms with Gasteiger partial charge in [-0.05, 0) is 36.4 Å². The molecule has 2 heterocycles. The second-order valence-electron chi connectivity index (χ2n) is 5.71. The van der Waals surface area contributed by atoms with Crippen molar-refractivity contribution in [1.82, 2.24) is 4.98 Å². The Hall–Kier alpha value is -2.93. The van der Waals surface area contributed by atoms with Crippen LogP contribution < -0.4 is 14.8 Å². The molecule has 1 aliphatic rings. The summed E-state index contributed by atoms with van der Waals surface area (Å²) in [5.41, 5.74) is 1.68. The van der Waals surface area contributed by atoms with E-state index < -0.39 is 0 Å². The van der Waals surface area contributed by atoms with E-state index in [1.807, 2.05) is 0 Å². The third-order valence-electron chi connectivity index (χ3n) is 3.83. The van der Waals surface area contributed by atoms with Crippen LogP contribution in [0.15, 0.2) is 47.8 Å². The van der Waals surface area contributed by atoms with Gasteiger partial charge >= 0.3 is 0 Å². The molecular formula is C19H15FN2O3S. The first-order chi connectivity index (χ1) is 12.7. The van der Waals surface area contributed by atoms with Crippen LogP contribution >= 0.6 is 11.3 Å². The number of benzene rings is 2. The number of hydrogen-bond donors (Lipinski definition) is 1. The number of nitrogens with one attached hydrogen (secondary N) is 1. The minimum atomic E-state index is -0.316. The number of amides is 1. The summed E-state index contributed by atoms with van der Waals surface area (Å²) in [6, 6.07) is 11.3. The second kappa shape index (κ2) is 7.13. The number of carbonyl (C=O) groups excluding carboxylic acids is 1. The van der Waals surface area contributed by atoms with E-state index in [2.05, 4.69) is 10.3 Å². The van der Waals surface area contributed by atoms with Crippen molar-refractivity contribution in [3.63, 3.8) is 0 Å². The highest BCUT2D eigenvalue weighted by Crippen LogP contribution is 2.32. The van der Waals surface area contributed by atoms with E-state index in [4.69, 9.17) is 9.47 Å².